The molecule has 140 valence electrons. The predicted molar refractivity (Wildman–Crippen MR) is 103 cm³/mol. The predicted octanol–water partition coefficient (Wildman–Crippen LogP) is 2.99. The third-order valence-electron chi connectivity index (χ3n) is 4.76. The lowest BCUT2D eigenvalue weighted by molar-refractivity contribution is -0.121. The minimum Gasteiger partial charge on any atom is -0.492 e. The van der Waals surface area contributed by atoms with Crippen LogP contribution < -0.4 is 10.1 Å². The molecule has 1 saturated heterocycles. The molecule has 3 rings (SSSR count). The zero-order chi connectivity index (χ0) is 19.1. The number of benzene rings is 1. The van der Waals surface area contributed by atoms with E-state index in [1.807, 2.05) is 31.2 Å². The second kappa shape index (κ2) is 9.15. The minimum absolute atomic E-state index is 0.0255. The molecule has 0 bridgehead atoms. The van der Waals surface area contributed by atoms with E-state index in [2.05, 4.69) is 21.3 Å². The first-order valence-corrected chi connectivity index (χ1v) is 9.23. The fourth-order valence-corrected chi connectivity index (χ4v) is 3.14. The highest BCUT2D eigenvalue weighted by Crippen LogP contribution is 2.19. The van der Waals surface area contributed by atoms with Crippen LogP contribution in [0, 0.1) is 24.2 Å². The Bertz CT molecular complexity index is 806. The lowest BCUT2D eigenvalue weighted by Gasteiger charge is -2.31. The highest BCUT2D eigenvalue weighted by molar-refractivity contribution is 5.91. The van der Waals surface area contributed by atoms with Crippen LogP contribution in [0.15, 0.2) is 42.6 Å². The molecule has 0 saturated carbocycles. The van der Waals surface area contributed by atoms with Crippen LogP contribution in [0.3, 0.4) is 0 Å². The van der Waals surface area contributed by atoms with E-state index in [4.69, 9.17) is 10.00 Å². The van der Waals surface area contributed by atoms with Crippen LogP contribution in [0.2, 0.25) is 0 Å². The molecule has 6 heteroatoms. The monoisotopic (exact) mass is 364 g/mol. The van der Waals surface area contributed by atoms with Crippen molar-refractivity contribution < 1.29 is 9.53 Å². The third kappa shape index (κ3) is 5.53. The number of aryl methyl sites for hydroxylation is 1. The Labute approximate surface area is 159 Å². The summed E-state index contributed by atoms with van der Waals surface area (Å²) in [5.41, 5.74) is 1.67. The number of pyridine rings is 1. The molecule has 1 amide bonds. The molecule has 0 atom stereocenters. The van der Waals surface area contributed by atoms with Gasteiger partial charge in [0.2, 0.25) is 5.91 Å². The Balaban J connectivity index is 1.39. The maximum absolute atomic E-state index is 12.4. The smallest absolute Gasteiger partial charge is 0.228 e. The fraction of sp³-hybridized carbons (Fsp3) is 0.381. The Morgan fingerprint density at radius 2 is 2.15 bits per heavy atom. The molecule has 1 N–H and O–H groups in total. The number of hydrogen-bond donors (Lipinski definition) is 1. The number of amides is 1. The van der Waals surface area contributed by atoms with Gasteiger partial charge in [-0.05, 0) is 62.7 Å². The van der Waals surface area contributed by atoms with E-state index in [0.717, 1.165) is 38.0 Å². The molecule has 0 spiro atoms. The van der Waals surface area contributed by atoms with Gasteiger partial charge in [0.05, 0.1) is 11.6 Å². The Morgan fingerprint density at radius 3 is 2.85 bits per heavy atom. The molecular weight excluding hydrogens is 340 g/mol. The molecule has 1 aromatic heterocycles. The van der Waals surface area contributed by atoms with Gasteiger partial charge in [-0.25, -0.2) is 4.98 Å². The molecule has 0 unspecified atom stereocenters. The molecule has 2 aromatic rings. The molecule has 2 heterocycles. The van der Waals surface area contributed by atoms with Crippen molar-refractivity contribution in [3.8, 4) is 11.8 Å². The van der Waals surface area contributed by atoms with Crippen molar-refractivity contribution in [2.75, 3.05) is 31.6 Å². The Hall–Kier alpha value is -2.91. The summed E-state index contributed by atoms with van der Waals surface area (Å²) >= 11 is 0. The normalized spacial score (nSPS) is 15.1. The maximum Gasteiger partial charge on any atom is 0.228 e. The molecular formula is C21H24N4O2. The van der Waals surface area contributed by atoms with Gasteiger partial charge in [-0.1, -0.05) is 12.1 Å². The zero-order valence-corrected chi connectivity index (χ0v) is 15.5. The van der Waals surface area contributed by atoms with Gasteiger partial charge in [0, 0.05) is 18.7 Å². The third-order valence-corrected chi connectivity index (χ3v) is 4.76. The quantitative estimate of drug-likeness (QED) is 0.852. The molecule has 0 radical (unpaired) electrons. The summed E-state index contributed by atoms with van der Waals surface area (Å²) in [7, 11) is 0. The number of nitrogens with zero attached hydrogens (tertiary/aromatic N) is 3. The number of likely N-dealkylation sites (tertiary alicyclic amines) is 1. The van der Waals surface area contributed by atoms with E-state index in [9.17, 15) is 4.79 Å². The summed E-state index contributed by atoms with van der Waals surface area (Å²) in [5.74, 6) is 1.41. The fourth-order valence-electron chi connectivity index (χ4n) is 3.14. The second-order valence-corrected chi connectivity index (χ2v) is 6.81. The Morgan fingerprint density at radius 1 is 1.33 bits per heavy atom. The average molecular weight is 364 g/mol. The van der Waals surface area contributed by atoms with Crippen molar-refractivity contribution in [1.82, 2.24) is 9.88 Å². The SMILES string of the molecule is Cc1ccc(NC(=O)C2CCN(CCOc3cccc(C#N)c3)CC2)nc1. The maximum atomic E-state index is 12.4. The first kappa shape index (κ1) is 18.9. The van der Waals surface area contributed by atoms with E-state index >= 15 is 0 Å². The van der Waals surface area contributed by atoms with E-state index in [-0.39, 0.29) is 11.8 Å². The van der Waals surface area contributed by atoms with Gasteiger partial charge >= 0.3 is 0 Å². The molecule has 1 aliphatic rings. The minimum atomic E-state index is 0.0255. The number of nitrogens with one attached hydrogen (secondary N) is 1. The molecule has 1 aromatic carbocycles. The lowest BCUT2D eigenvalue weighted by atomic mass is 9.96. The second-order valence-electron chi connectivity index (χ2n) is 6.81. The van der Waals surface area contributed by atoms with Gasteiger partial charge in [-0.3, -0.25) is 9.69 Å². The summed E-state index contributed by atoms with van der Waals surface area (Å²) in [6.45, 7) is 5.10. The van der Waals surface area contributed by atoms with Crippen molar-refractivity contribution in [3.63, 3.8) is 0 Å². The van der Waals surface area contributed by atoms with E-state index in [1.165, 1.54) is 0 Å². The standard InChI is InChI=1S/C21H24N4O2/c1-16-5-6-20(23-15-16)24-21(26)18-7-9-25(10-8-18)11-12-27-19-4-2-3-17(13-19)14-22/h2-6,13,15,18H,7-12H2,1H3,(H,23,24,26). The molecule has 1 fully saturated rings. The van der Waals surface area contributed by atoms with Crippen LogP contribution in [0.5, 0.6) is 5.75 Å². The first-order valence-electron chi connectivity index (χ1n) is 9.23. The van der Waals surface area contributed by atoms with Crippen LogP contribution in [-0.4, -0.2) is 42.0 Å². The van der Waals surface area contributed by atoms with Gasteiger partial charge < -0.3 is 10.1 Å². The number of rotatable bonds is 6. The van der Waals surface area contributed by atoms with Crippen molar-refractivity contribution >= 4 is 11.7 Å². The summed E-state index contributed by atoms with van der Waals surface area (Å²) in [5, 5.41) is 11.8. The molecule has 1 aliphatic heterocycles. The largest absolute Gasteiger partial charge is 0.492 e. The molecule has 27 heavy (non-hydrogen) atoms. The first-order chi connectivity index (χ1) is 13.1. The average Bonchev–Trinajstić information content (AvgIpc) is 2.70. The summed E-state index contributed by atoms with van der Waals surface area (Å²) in [6, 6.07) is 13.1. The van der Waals surface area contributed by atoms with Gasteiger partial charge in [0.25, 0.3) is 0 Å². The Kier molecular flexibility index (Phi) is 6.39. The number of ether oxygens (including phenoxy) is 1. The van der Waals surface area contributed by atoms with E-state index in [0.29, 0.717) is 23.7 Å². The molecule has 0 aliphatic carbocycles. The number of piperidine rings is 1. The van der Waals surface area contributed by atoms with E-state index in [1.54, 1.807) is 18.3 Å². The summed E-state index contributed by atoms with van der Waals surface area (Å²) in [6.07, 6.45) is 3.42. The number of nitriles is 1. The topological polar surface area (TPSA) is 78.3 Å². The molecule has 6 nitrogen and oxygen atoms in total. The van der Waals surface area contributed by atoms with E-state index < -0.39 is 0 Å². The van der Waals surface area contributed by atoms with Crippen LogP contribution in [0.4, 0.5) is 5.82 Å². The van der Waals surface area contributed by atoms with Crippen molar-refractivity contribution in [2.45, 2.75) is 19.8 Å². The van der Waals surface area contributed by atoms with Crippen molar-refractivity contribution in [3.05, 3.63) is 53.7 Å². The van der Waals surface area contributed by atoms with Gasteiger partial charge in [0.1, 0.15) is 18.2 Å². The van der Waals surface area contributed by atoms with Crippen molar-refractivity contribution in [1.29, 1.82) is 5.26 Å². The number of hydrogen-bond acceptors (Lipinski definition) is 5. The summed E-state index contributed by atoms with van der Waals surface area (Å²) in [4.78, 5) is 18.9. The van der Waals surface area contributed by atoms with Gasteiger partial charge in [0.15, 0.2) is 0 Å². The number of carbonyl (C=O) groups is 1. The van der Waals surface area contributed by atoms with Crippen LogP contribution >= 0.6 is 0 Å². The summed E-state index contributed by atoms with van der Waals surface area (Å²) < 4.78 is 5.73. The van der Waals surface area contributed by atoms with Gasteiger partial charge in [-0.2, -0.15) is 5.26 Å². The lowest BCUT2D eigenvalue weighted by Crippen LogP contribution is -2.40. The van der Waals surface area contributed by atoms with Crippen LogP contribution in [0.25, 0.3) is 0 Å². The van der Waals surface area contributed by atoms with Crippen LogP contribution in [-0.2, 0) is 4.79 Å². The number of anilines is 1. The van der Waals surface area contributed by atoms with Gasteiger partial charge in [-0.15, -0.1) is 0 Å². The number of aromatic nitrogens is 1. The highest BCUT2D eigenvalue weighted by atomic mass is 16.5. The highest BCUT2D eigenvalue weighted by Gasteiger charge is 2.25. The zero-order valence-electron chi connectivity index (χ0n) is 15.5. The van der Waals surface area contributed by atoms with Crippen molar-refractivity contribution in [2.24, 2.45) is 5.92 Å². The number of carbonyl (C=O) groups excluding carboxylic acids is 1. The van der Waals surface area contributed by atoms with Crippen LogP contribution in [0.1, 0.15) is 24.0 Å².